The van der Waals surface area contributed by atoms with E-state index in [-0.39, 0.29) is 5.97 Å². The van der Waals surface area contributed by atoms with Crippen LogP contribution in [0.25, 0.3) is 0 Å². The van der Waals surface area contributed by atoms with E-state index >= 15 is 0 Å². The summed E-state index contributed by atoms with van der Waals surface area (Å²) < 4.78 is 5.31. The van der Waals surface area contributed by atoms with Gasteiger partial charge < -0.3 is 9.84 Å². The van der Waals surface area contributed by atoms with Gasteiger partial charge in [-0.3, -0.25) is 9.59 Å². The van der Waals surface area contributed by atoms with E-state index in [0.29, 0.717) is 25.9 Å². The molecule has 0 bridgehead atoms. The summed E-state index contributed by atoms with van der Waals surface area (Å²) in [6, 6.07) is 0. The summed E-state index contributed by atoms with van der Waals surface area (Å²) in [5.74, 6) is -2.21. The van der Waals surface area contributed by atoms with Crippen molar-refractivity contribution in [3.8, 4) is 0 Å². The molecule has 1 rings (SSSR count). The van der Waals surface area contributed by atoms with Gasteiger partial charge in [0.1, 0.15) is 0 Å². The van der Waals surface area contributed by atoms with E-state index in [1.54, 1.807) is 0 Å². The zero-order chi connectivity index (χ0) is 19.7. The Balaban J connectivity index is 1.98. The van der Waals surface area contributed by atoms with Gasteiger partial charge in [0.15, 0.2) is 0 Å². The van der Waals surface area contributed by atoms with Crippen molar-refractivity contribution in [1.29, 1.82) is 0 Å². The molecule has 0 aromatic rings. The van der Waals surface area contributed by atoms with Crippen LogP contribution in [0.2, 0.25) is 0 Å². The Morgan fingerprint density at radius 1 is 0.852 bits per heavy atom. The second-order valence-corrected chi connectivity index (χ2v) is 7.88. The third kappa shape index (κ3) is 11.2. The molecule has 1 fully saturated rings. The van der Waals surface area contributed by atoms with Crippen LogP contribution < -0.4 is 0 Å². The largest absolute Gasteiger partial charge is 0.481 e. The average molecular weight is 381 g/mol. The molecule has 27 heavy (non-hydrogen) atoms. The summed E-state index contributed by atoms with van der Waals surface area (Å²) in [5.41, 5.74) is 0. The minimum atomic E-state index is -0.863. The number of aliphatic carboxylic acids is 1. The van der Waals surface area contributed by atoms with E-state index in [0.717, 1.165) is 19.3 Å². The van der Waals surface area contributed by atoms with Crippen molar-refractivity contribution in [2.45, 2.75) is 103 Å². The van der Waals surface area contributed by atoms with E-state index in [4.69, 9.17) is 4.74 Å². The molecule has 156 valence electrons. The molecule has 0 aliphatic heterocycles. The van der Waals surface area contributed by atoms with Gasteiger partial charge in [0.25, 0.3) is 0 Å². The second kappa shape index (κ2) is 15.7. The summed E-state index contributed by atoms with van der Waals surface area (Å²) in [5, 5.41) is 9.23. The summed E-state index contributed by atoms with van der Waals surface area (Å²) in [4.78, 5) is 23.4. The molecule has 0 radical (unpaired) electrons. The first-order chi connectivity index (χ1) is 13.2. The lowest BCUT2D eigenvalue weighted by Gasteiger charge is -2.26. The number of hydrogen-bond acceptors (Lipinski definition) is 3. The minimum absolute atomic E-state index is 0.325. The number of unbranched alkanes of at least 4 members (excludes halogenated alkanes) is 9. The minimum Gasteiger partial charge on any atom is -0.481 e. The lowest BCUT2D eigenvalue weighted by Crippen LogP contribution is -2.33. The topological polar surface area (TPSA) is 63.6 Å². The van der Waals surface area contributed by atoms with E-state index in [9.17, 15) is 14.7 Å². The monoisotopic (exact) mass is 380 g/mol. The second-order valence-electron chi connectivity index (χ2n) is 7.88. The van der Waals surface area contributed by atoms with Gasteiger partial charge in [-0.1, -0.05) is 83.3 Å². The van der Waals surface area contributed by atoms with Gasteiger partial charge in [0, 0.05) is 0 Å². The summed E-state index contributed by atoms with van der Waals surface area (Å²) in [6.07, 6.45) is 21.2. The third-order valence-electron chi connectivity index (χ3n) is 5.56. The van der Waals surface area contributed by atoms with Crippen LogP contribution >= 0.6 is 0 Å². The Morgan fingerprint density at radius 3 is 2.04 bits per heavy atom. The highest BCUT2D eigenvalue weighted by molar-refractivity contribution is 5.81. The highest BCUT2D eigenvalue weighted by Crippen LogP contribution is 2.31. The Kier molecular flexibility index (Phi) is 13.8. The maximum Gasteiger partial charge on any atom is 0.309 e. The van der Waals surface area contributed by atoms with Crippen LogP contribution in [0.5, 0.6) is 0 Å². The Hall–Kier alpha value is -1.32. The molecule has 1 aliphatic rings. The molecular formula is C23H40O4. The van der Waals surface area contributed by atoms with E-state index < -0.39 is 17.8 Å². The first-order valence-corrected chi connectivity index (χ1v) is 11.2. The van der Waals surface area contributed by atoms with Crippen molar-refractivity contribution in [3.05, 3.63) is 12.2 Å². The molecule has 0 heterocycles. The van der Waals surface area contributed by atoms with Gasteiger partial charge in [-0.2, -0.15) is 0 Å². The Morgan fingerprint density at radius 2 is 1.41 bits per heavy atom. The van der Waals surface area contributed by atoms with Gasteiger partial charge in [-0.05, 0) is 32.1 Å². The van der Waals surface area contributed by atoms with Crippen molar-refractivity contribution >= 4 is 11.9 Å². The van der Waals surface area contributed by atoms with Crippen LogP contribution in [-0.2, 0) is 14.3 Å². The smallest absolute Gasteiger partial charge is 0.309 e. The van der Waals surface area contributed by atoms with E-state index in [1.807, 2.05) is 0 Å². The maximum absolute atomic E-state index is 12.1. The van der Waals surface area contributed by atoms with E-state index in [2.05, 4.69) is 19.1 Å². The number of ether oxygens (including phenoxy) is 1. The highest BCUT2D eigenvalue weighted by atomic mass is 16.5. The highest BCUT2D eigenvalue weighted by Gasteiger charge is 2.36. The molecule has 0 saturated heterocycles. The van der Waals surface area contributed by atoms with Crippen molar-refractivity contribution in [2.75, 3.05) is 6.61 Å². The first-order valence-electron chi connectivity index (χ1n) is 11.2. The number of carbonyl (C=O) groups excluding carboxylic acids is 1. The van der Waals surface area contributed by atoms with Crippen molar-refractivity contribution in [1.82, 2.24) is 0 Å². The third-order valence-corrected chi connectivity index (χ3v) is 5.56. The standard InChI is InChI=1S/C23H40O4/c1-2-3-4-5-6-7-8-9-10-11-12-13-16-19-27-23(26)21-18-15-14-17-20(21)22(24)25/h12-13,20-21H,2-11,14-19H2,1H3,(H,24,25)/b13-12+. The van der Waals surface area contributed by atoms with Gasteiger partial charge >= 0.3 is 11.9 Å². The summed E-state index contributed by atoms with van der Waals surface area (Å²) in [7, 11) is 0. The van der Waals surface area contributed by atoms with Gasteiger partial charge in [0.2, 0.25) is 0 Å². The Labute approximate surface area is 165 Å². The van der Waals surface area contributed by atoms with Crippen LogP contribution in [-0.4, -0.2) is 23.7 Å². The number of carboxylic acid groups (broad SMARTS) is 1. The number of hydrogen-bond donors (Lipinski definition) is 1. The Bertz CT molecular complexity index is 430. The molecule has 2 atom stereocenters. The molecule has 0 amide bonds. The number of carboxylic acids is 1. The molecule has 4 nitrogen and oxygen atoms in total. The number of rotatable bonds is 15. The molecule has 0 aromatic carbocycles. The fourth-order valence-electron chi connectivity index (χ4n) is 3.85. The predicted molar refractivity (Wildman–Crippen MR) is 110 cm³/mol. The SMILES string of the molecule is CCCCCCCCCCC/C=C/CCOC(=O)C1CCCCC1C(=O)O. The average Bonchev–Trinajstić information content (AvgIpc) is 2.68. The van der Waals surface area contributed by atoms with Crippen LogP contribution in [0.1, 0.15) is 103 Å². The summed E-state index contributed by atoms with van der Waals surface area (Å²) in [6.45, 7) is 2.61. The number of allylic oxidation sites excluding steroid dienone is 1. The fourth-order valence-corrected chi connectivity index (χ4v) is 3.85. The fraction of sp³-hybridized carbons (Fsp3) is 0.826. The zero-order valence-electron chi connectivity index (χ0n) is 17.3. The van der Waals surface area contributed by atoms with Crippen LogP contribution in [0.15, 0.2) is 12.2 Å². The summed E-state index contributed by atoms with van der Waals surface area (Å²) >= 11 is 0. The maximum atomic E-state index is 12.1. The predicted octanol–water partition coefficient (Wildman–Crippen LogP) is 6.29. The van der Waals surface area contributed by atoms with Gasteiger partial charge in [-0.25, -0.2) is 0 Å². The lowest BCUT2D eigenvalue weighted by atomic mass is 9.79. The quantitative estimate of drug-likeness (QED) is 0.206. The van der Waals surface area contributed by atoms with Gasteiger partial charge in [0.05, 0.1) is 18.4 Å². The van der Waals surface area contributed by atoms with Crippen molar-refractivity contribution in [2.24, 2.45) is 11.8 Å². The van der Waals surface area contributed by atoms with Crippen molar-refractivity contribution < 1.29 is 19.4 Å². The molecule has 0 spiro atoms. The molecule has 0 aromatic heterocycles. The molecule has 1 saturated carbocycles. The van der Waals surface area contributed by atoms with Gasteiger partial charge in [-0.15, -0.1) is 0 Å². The first kappa shape index (κ1) is 23.7. The van der Waals surface area contributed by atoms with Crippen LogP contribution in [0.4, 0.5) is 0 Å². The zero-order valence-corrected chi connectivity index (χ0v) is 17.3. The lowest BCUT2D eigenvalue weighted by molar-refractivity contribution is -0.159. The molecule has 1 N–H and O–H groups in total. The normalized spacial score (nSPS) is 20.0. The molecule has 2 unspecified atom stereocenters. The molecular weight excluding hydrogens is 340 g/mol. The number of carbonyl (C=O) groups is 2. The molecule has 1 aliphatic carbocycles. The van der Waals surface area contributed by atoms with E-state index in [1.165, 1.54) is 57.8 Å². The van der Waals surface area contributed by atoms with Crippen molar-refractivity contribution in [3.63, 3.8) is 0 Å². The van der Waals surface area contributed by atoms with Crippen LogP contribution in [0.3, 0.4) is 0 Å². The van der Waals surface area contributed by atoms with Crippen LogP contribution in [0, 0.1) is 11.8 Å². The molecule has 4 heteroatoms. The number of esters is 1.